The van der Waals surface area contributed by atoms with Gasteiger partial charge in [0.2, 0.25) is 5.95 Å². The van der Waals surface area contributed by atoms with Crippen LogP contribution in [0.15, 0.2) is 11.4 Å². The summed E-state index contributed by atoms with van der Waals surface area (Å²) < 4.78 is 0.946. The minimum Gasteiger partial charge on any atom is -0.388 e. The number of fused-ring (bicyclic) bond motifs is 1. The molecule has 0 aliphatic heterocycles. The van der Waals surface area contributed by atoms with E-state index in [1.807, 2.05) is 25.3 Å². The number of nitrogens with one attached hydrogen (secondary N) is 1. The molecular weight excluding hydrogens is 248 g/mol. The number of nitrogens with zero attached hydrogens (tertiary/aromatic N) is 2. The molecule has 0 atom stereocenters. The number of nitrogens with two attached hydrogens (primary N) is 1. The molecule has 2 rings (SSSR count). The third-order valence-electron chi connectivity index (χ3n) is 3.28. The minimum absolute atomic E-state index is 0.231. The Morgan fingerprint density at radius 1 is 1.28 bits per heavy atom. The molecule has 2 heterocycles. The Kier molecular flexibility index (Phi) is 2.95. The first-order chi connectivity index (χ1) is 8.21. The zero-order chi connectivity index (χ0) is 13.6. The standard InChI is InChI=1S/C12H18N4OS/c1-11(2,12(3,4)17)16-9-8-7(5-6-18-8)14-10(13)15-9/h5-6,17H,1-4H3,(H3,13,14,15,16). The lowest BCUT2D eigenvalue weighted by molar-refractivity contribution is 0.0239. The van der Waals surface area contributed by atoms with E-state index < -0.39 is 11.1 Å². The summed E-state index contributed by atoms with van der Waals surface area (Å²) >= 11 is 1.55. The van der Waals surface area contributed by atoms with E-state index in [2.05, 4.69) is 15.3 Å². The molecule has 0 unspecified atom stereocenters. The Bertz CT molecular complexity index is 571. The maximum absolute atomic E-state index is 10.2. The summed E-state index contributed by atoms with van der Waals surface area (Å²) in [5, 5.41) is 15.4. The lowest BCUT2D eigenvalue weighted by Crippen LogP contribution is -2.51. The van der Waals surface area contributed by atoms with E-state index >= 15 is 0 Å². The van der Waals surface area contributed by atoms with Crippen LogP contribution in [0.2, 0.25) is 0 Å². The summed E-state index contributed by atoms with van der Waals surface area (Å²) in [5.41, 5.74) is 5.08. The van der Waals surface area contributed by atoms with Crippen LogP contribution in [0.3, 0.4) is 0 Å². The van der Waals surface area contributed by atoms with Crippen LogP contribution in [0.1, 0.15) is 27.7 Å². The monoisotopic (exact) mass is 266 g/mol. The molecule has 0 aromatic carbocycles. The summed E-state index contributed by atoms with van der Waals surface area (Å²) in [6, 6.07) is 1.90. The molecule has 0 radical (unpaired) electrons. The van der Waals surface area contributed by atoms with E-state index in [4.69, 9.17) is 5.73 Å². The van der Waals surface area contributed by atoms with Crippen LogP contribution < -0.4 is 11.1 Å². The van der Waals surface area contributed by atoms with Crippen LogP contribution >= 0.6 is 11.3 Å². The molecule has 5 nitrogen and oxygen atoms in total. The van der Waals surface area contributed by atoms with Crippen LogP contribution in [-0.2, 0) is 0 Å². The lowest BCUT2D eigenvalue weighted by Gasteiger charge is -2.38. The van der Waals surface area contributed by atoms with E-state index in [-0.39, 0.29) is 5.95 Å². The minimum atomic E-state index is -0.893. The molecule has 0 spiro atoms. The highest BCUT2D eigenvalue weighted by molar-refractivity contribution is 7.17. The van der Waals surface area contributed by atoms with Crippen molar-refractivity contribution in [3.63, 3.8) is 0 Å². The van der Waals surface area contributed by atoms with E-state index in [0.29, 0.717) is 5.82 Å². The maximum atomic E-state index is 10.2. The Labute approximate surface area is 110 Å². The van der Waals surface area contributed by atoms with Crippen LogP contribution in [0.25, 0.3) is 10.2 Å². The summed E-state index contributed by atoms with van der Waals surface area (Å²) in [4.78, 5) is 8.39. The smallest absolute Gasteiger partial charge is 0.222 e. The van der Waals surface area contributed by atoms with Crippen molar-refractivity contribution in [2.75, 3.05) is 11.1 Å². The van der Waals surface area contributed by atoms with E-state index in [9.17, 15) is 5.11 Å². The number of hydrogen-bond acceptors (Lipinski definition) is 6. The average Bonchev–Trinajstić information content (AvgIpc) is 2.62. The molecule has 6 heteroatoms. The fraction of sp³-hybridized carbons (Fsp3) is 0.500. The Hall–Kier alpha value is -1.40. The zero-order valence-corrected chi connectivity index (χ0v) is 11.8. The van der Waals surface area contributed by atoms with Gasteiger partial charge in [0.1, 0.15) is 5.82 Å². The summed E-state index contributed by atoms with van der Waals surface area (Å²) in [6.45, 7) is 7.36. The van der Waals surface area contributed by atoms with Gasteiger partial charge in [-0.2, -0.15) is 4.98 Å². The van der Waals surface area contributed by atoms with Crippen molar-refractivity contribution in [1.29, 1.82) is 0 Å². The van der Waals surface area contributed by atoms with Gasteiger partial charge in [-0.1, -0.05) is 0 Å². The highest BCUT2D eigenvalue weighted by Gasteiger charge is 2.35. The molecular formula is C12H18N4OS. The largest absolute Gasteiger partial charge is 0.388 e. The lowest BCUT2D eigenvalue weighted by atomic mass is 9.86. The first kappa shape index (κ1) is 13.0. The van der Waals surface area contributed by atoms with Crippen molar-refractivity contribution < 1.29 is 5.11 Å². The SMILES string of the molecule is CC(C)(O)C(C)(C)Nc1nc(N)nc2ccsc12. The highest BCUT2D eigenvalue weighted by Crippen LogP contribution is 2.31. The van der Waals surface area contributed by atoms with Gasteiger partial charge in [-0.3, -0.25) is 0 Å². The van der Waals surface area contributed by atoms with Crippen LogP contribution in [0.5, 0.6) is 0 Å². The number of aliphatic hydroxyl groups is 1. The van der Waals surface area contributed by atoms with E-state index in [1.165, 1.54) is 0 Å². The third-order valence-corrected chi connectivity index (χ3v) is 4.19. The van der Waals surface area contributed by atoms with Gasteiger partial charge in [0, 0.05) is 0 Å². The van der Waals surface area contributed by atoms with E-state index in [0.717, 1.165) is 10.2 Å². The fourth-order valence-corrected chi connectivity index (χ4v) is 2.19. The van der Waals surface area contributed by atoms with Gasteiger partial charge in [0.05, 0.1) is 21.4 Å². The molecule has 0 saturated carbocycles. The van der Waals surface area contributed by atoms with Crippen molar-refractivity contribution in [2.45, 2.75) is 38.8 Å². The summed E-state index contributed by atoms with van der Waals surface area (Å²) in [6.07, 6.45) is 0. The predicted octanol–water partition coefficient (Wildman–Crippen LogP) is 2.23. The molecule has 18 heavy (non-hydrogen) atoms. The molecule has 0 aliphatic rings. The number of rotatable bonds is 3. The predicted molar refractivity (Wildman–Crippen MR) is 75.8 cm³/mol. The maximum Gasteiger partial charge on any atom is 0.222 e. The van der Waals surface area contributed by atoms with Gasteiger partial charge in [-0.15, -0.1) is 11.3 Å². The van der Waals surface area contributed by atoms with Crippen LogP contribution in [0, 0.1) is 0 Å². The second-order valence-electron chi connectivity index (χ2n) is 5.37. The van der Waals surface area contributed by atoms with Crippen LogP contribution in [-0.4, -0.2) is 26.2 Å². The first-order valence-electron chi connectivity index (χ1n) is 5.72. The number of nitrogen functional groups attached to an aromatic ring is 1. The highest BCUT2D eigenvalue weighted by atomic mass is 32.1. The van der Waals surface area contributed by atoms with Gasteiger partial charge >= 0.3 is 0 Å². The summed E-state index contributed by atoms with van der Waals surface area (Å²) in [5.74, 6) is 0.898. The number of hydrogen-bond donors (Lipinski definition) is 3. The first-order valence-corrected chi connectivity index (χ1v) is 6.60. The Morgan fingerprint density at radius 2 is 1.94 bits per heavy atom. The Balaban J connectivity index is 2.46. The van der Waals surface area contributed by atoms with Crippen molar-refractivity contribution >= 4 is 33.3 Å². The molecule has 4 N–H and O–H groups in total. The molecule has 2 aromatic rings. The van der Waals surface area contributed by atoms with Gasteiger partial charge in [0.25, 0.3) is 0 Å². The summed E-state index contributed by atoms with van der Waals surface area (Å²) in [7, 11) is 0. The second-order valence-corrected chi connectivity index (χ2v) is 6.29. The molecule has 0 fully saturated rings. The molecule has 0 saturated heterocycles. The molecule has 0 aliphatic carbocycles. The van der Waals surface area contributed by atoms with Crippen molar-refractivity contribution in [1.82, 2.24) is 9.97 Å². The van der Waals surface area contributed by atoms with Crippen molar-refractivity contribution in [2.24, 2.45) is 0 Å². The quantitative estimate of drug-likeness (QED) is 0.793. The normalized spacial score (nSPS) is 12.9. The second kappa shape index (κ2) is 4.07. The Morgan fingerprint density at radius 3 is 2.56 bits per heavy atom. The van der Waals surface area contributed by atoms with Gasteiger partial charge in [-0.05, 0) is 39.1 Å². The third kappa shape index (κ3) is 2.26. The van der Waals surface area contributed by atoms with Crippen molar-refractivity contribution in [3.05, 3.63) is 11.4 Å². The van der Waals surface area contributed by atoms with Gasteiger partial charge in [-0.25, -0.2) is 4.98 Å². The molecule has 98 valence electrons. The van der Waals surface area contributed by atoms with E-state index in [1.54, 1.807) is 25.2 Å². The molecule has 0 bridgehead atoms. The molecule has 2 aromatic heterocycles. The van der Waals surface area contributed by atoms with Gasteiger partial charge in [0.15, 0.2) is 0 Å². The zero-order valence-electron chi connectivity index (χ0n) is 11.0. The van der Waals surface area contributed by atoms with Crippen molar-refractivity contribution in [3.8, 4) is 0 Å². The van der Waals surface area contributed by atoms with Gasteiger partial charge < -0.3 is 16.2 Å². The number of anilines is 2. The number of aromatic nitrogens is 2. The average molecular weight is 266 g/mol. The molecule has 0 amide bonds. The van der Waals surface area contributed by atoms with Crippen LogP contribution in [0.4, 0.5) is 11.8 Å². The number of thiophene rings is 1. The fourth-order valence-electron chi connectivity index (χ4n) is 1.42. The topological polar surface area (TPSA) is 84.1 Å².